The van der Waals surface area contributed by atoms with E-state index in [1.165, 1.54) is 0 Å². The highest BCUT2D eigenvalue weighted by atomic mass is 19.3. The third kappa shape index (κ3) is 2.55. The van der Waals surface area contributed by atoms with Crippen molar-refractivity contribution in [3.05, 3.63) is 29.1 Å². The van der Waals surface area contributed by atoms with E-state index in [1.54, 1.807) is 0 Å². The number of halogens is 3. The molecule has 1 rings (SSSR count). The Kier molecular flexibility index (Phi) is 3.43. The van der Waals surface area contributed by atoms with Gasteiger partial charge in [0.1, 0.15) is 11.6 Å². The number of carbonyl (C=O) groups excluding carboxylic acids is 2. The van der Waals surface area contributed by atoms with Crippen LogP contribution in [0.15, 0.2) is 12.1 Å². The van der Waals surface area contributed by atoms with Gasteiger partial charge in [0, 0.05) is 11.6 Å². The highest BCUT2D eigenvalue weighted by molar-refractivity contribution is 5.93. The number of benzene rings is 1. The van der Waals surface area contributed by atoms with Crippen LogP contribution in [0.25, 0.3) is 0 Å². The lowest BCUT2D eigenvalue weighted by Gasteiger charge is -2.08. The monoisotopic (exact) mass is 218 g/mol. The second-order valence-electron chi connectivity index (χ2n) is 2.52. The first kappa shape index (κ1) is 11.2. The van der Waals surface area contributed by atoms with Crippen LogP contribution in [0.2, 0.25) is 0 Å². The van der Waals surface area contributed by atoms with E-state index in [-0.39, 0.29) is 18.1 Å². The molecule has 0 saturated carbocycles. The Morgan fingerprint density at radius 1 is 1.20 bits per heavy atom. The van der Waals surface area contributed by atoms with Gasteiger partial charge in [-0.05, 0) is 6.07 Å². The molecule has 0 fully saturated rings. The highest BCUT2D eigenvalue weighted by Crippen LogP contribution is 2.23. The molecular weight excluding hydrogens is 213 g/mol. The summed E-state index contributed by atoms with van der Waals surface area (Å²) in [5.41, 5.74) is -0.729. The number of carbonyl (C=O) groups is 2. The average molecular weight is 218 g/mol. The zero-order valence-corrected chi connectivity index (χ0v) is 7.25. The molecule has 0 unspecified atom stereocenters. The van der Waals surface area contributed by atoms with Gasteiger partial charge in [-0.1, -0.05) is 0 Å². The lowest BCUT2D eigenvalue weighted by atomic mass is 10.1. The first-order valence-corrected chi connectivity index (χ1v) is 3.77. The van der Waals surface area contributed by atoms with Crippen LogP contribution >= 0.6 is 0 Å². The number of ether oxygens (including phenoxy) is 1. The Morgan fingerprint density at radius 2 is 1.87 bits per heavy atom. The molecule has 0 aliphatic heterocycles. The van der Waals surface area contributed by atoms with E-state index in [9.17, 15) is 22.8 Å². The van der Waals surface area contributed by atoms with Crippen LogP contribution in [0.5, 0.6) is 5.75 Å². The van der Waals surface area contributed by atoms with E-state index in [2.05, 4.69) is 4.74 Å². The minimum absolute atomic E-state index is 0.154. The van der Waals surface area contributed by atoms with Crippen molar-refractivity contribution in [3.8, 4) is 5.75 Å². The molecule has 0 saturated heterocycles. The summed E-state index contributed by atoms with van der Waals surface area (Å²) in [7, 11) is 0. The van der Waals surface area contributed by atoms with Crippen LogP contribution in [0.3, 0.4) is 0 Å². The Balaban J connectivity index is 3.28. The fraction of sp³-hybridized carbons (Fsp3) is 0.111. The van der Waals surface area contributed by atoms with Crippen molar-refractivity contribution in [3.63, 3.8) is 0 Å². The minimum atomic E-state index is -3.19. The second-order valence-corrected chi connectivity index (χ2v) is 2.52. The van der Waals surface area contributed by atoms with Crippen LogP contribution in [0.4, 0.5) is 13.2 Å². The number of alkyl halides is 2. The summed E-state index contributed by atoms with van der Waals surface area (Å²) in [6.07, 6.45) is 0.339. The predicted octanol–water partition coefficient (Wildman–Crippen LogP) is 2.05. The Morgan fingerprint density at radius 3 is 2.33 bits per heavy atom. The lowest BCUT2D eigenvalue weighted by molar-refractivity contribution is -0.0502. The molecule has 0 spiro atoms. The van der Waals surface area contributed by atoms with Gasteiger partial charge < -0.3 is 4.74 Å². The number of hydrogen-bond donors (Lipinski definition) is 0. The topological polar surface area (TPSA) is 43.4 Å². The zero-order chi connectivity index (χ0) is 11.4. The SMILES string of the molecule is O=Cc1cc(F)cc(OC(F)F)c1C=O. The van der Waals surface area contributed by atoms with Crippen molar-refractivity contribution in [2.24, 2.45) is 0 Å². The molecule has 0 radical (unpaired) electrons. The minimum Gasteiger partial charge on any atom is -0.434 e. The smallest absolute Gasteiger partial charge is 0.387 e. The first-order valence-electron chi connectivity index (χ1n) is 3.77. The van der Waals surface area contributed by atoms with Crippen molar-refractivity contribution >= 4 is 12.6 Å². The summed E-state index contributed by atoms with van der Waals surface area (Å²) >= 11 is 0. The Hall–Kier alpha value is -1.85. The van der Waals surface area contributed by atoms with Gasteiger partial charge >= 0.3 is 6.61 Å². The van der Waals surface area contributed by atoms with Crippen LogP contribution in [0, 0.1) is 5.82 Å². The van der Waals surface area contributed by atoms with E-state index in [1.807, 2.05) is 0 Å². The van der Waals surface area contributed by atoms with Gasteiger partial charge in [0.15, 0.2) is 12.6 Å². The predicted molar refractivity (Wildman–Crippen MR) is 43.8 cm³/mol. The summed E-state index contributed by atoms with van der Waals surface area (Å²) < 4.78 is 40.4. The summed E-state index contributed by atoms with van der Waals surface area (Å²) in [5, 5.41) is 0. The third-order valence-corrected chi connectivity index (χ3v) is 1.60. The molecule has 15 heavy (non-hydrogen) atoms. The highest BCUT2D eigenvalue weighted by Gasteiger charge is 2.14. The maximum absolute atomic E-state index is 12.8. The molecule has 1 aromatic carbocycles. The summed E-state index contributed by atoms with van der Waals surface area (Å²) in [6.45, 7) is -3.19. The van der Waals surface area contributed by atoms with E-state index in [0.29, 0.717) is 6.07 Å². The fourth-order valence-electron chi connectivity index (χ4n) is 1.03. The normalized spacial score (nSPS) is 10.1. The quantitative estimate of drug-likeness (QED) is 0.726. The zero-order valence-electron chi connectivity index (χ0n) is 7.25. The van der Waals surface area contributed by atoms with Gasteiger partial charge in [-0.3, -0.25) is 9.59 Å². The molecule has 0 N–H and O–H groups in total. The molecule has 0 atom stereocenters. The van der Waals surface area contributed by atoms with Crippen molar-refractivity contribution in [2.45, 2.75) is 6.61 Å². The van der Waals surface area contributed by atoms with Crippen molar-refractivity contribution in [1.82, 2.24) is 0 Å². The number of aldehydes is 2. The molecule has 0 heterocycles. The molecule has 3 nitrogen and oxygen atoms in total. The summed E-state index contributed by atoms with van der Waals surface area (Å²) in [5.74, 6) is -1.58. The van der Waals surface area contributed by atoms with Gasteiger partial charge in [0.25, 0.3) is 0 Å². The van der Waals surface area contributed by atoms with Gasteiger partial charge in [0.05, 0.1) is 5.56 Å². The molecule has 6 heteroatoms. The van der Waals surface area contributed by atoms with E-state index in [4.69, 9.17) is 0 Å². The molecular formula is C9H5F3O3. The molecule has 0 amide bonds. The van der Waals surface area contributed by atoms with E-state index < -0.39 is 23.7 Å². The van der Waals surface area contributed by atoms with Crippen LogP contribution in [0.1, 0.15) is 20.7 Å². The fourth-order valence-corrected chi connectivity index (χ4v) is 1.03. The van der Waals surface area contributed by atoms with Crippen molar-refractivity contribution < 1.29 is 27.5 Å². The van der Waals surface area contributed by atoms with Gasteiger partial charge in [-0.15, -0.1) is 0 Å². The van der Waals surface area contributed by atoms with Gasteiger partial charge in [0.2, 0.25) is 0 Å². The molecule has 0 bridgehead atoms. The van der Waals surface area contributed by atoms with Crippen molar-refractivity contribution in [1.29, 1.82) is 0 Å². The number of hydrogen-bond acceptors (Lipinski definition) is 3. The number of rotatable bonds is 4. The van der Waals surface area contributed by atoms with Crippen LogP contribution < -0.4 is 4.74 Å². The van der Waals surface area contributed by atoms with Crippen LogP contribution in [-0.2, 0) is 0 Å². The summed E-state index contributed by atoms with van der Waals surface area (Å²) in [4.78, 5) is 20.9. The largest absolute Gasteiger partial charge is 0.434 e. The molecule has 1 aromatic rings. The molecule has 0 aromatic heterocycles. The van der Waals surface area contributed by atoms with E-state index >= 15 is 0 Å². The molecule has 0 aliphatic rings. The van der Waals surface area contributed by atoms with Gasteiger partial charge in [-0.25, -0.2) is 4.39 Å². The third-order valence-electron chi connectivity index (χ3n) is 1.60. The average Bonchev–Trinajstić information content (AvgIpc) is 2.15. The lowest BCUT2D eigenvalue weighted by Crippen LogP contribution is -2.06. The van der Waals surface area contributed by atoms with Gasteiger partial charge in [-0.2, -0.15) is 8.78 Å². The summed E-state index contributed by atoms with van der Waals surface area (Å²) in [6, 6.07) is 1.37. The maximum atomic E-state index is 12.8. The first-order chi connectivity index (χ1) is 7.08. The Bertz CT molecular complexity index is 390. The second kappa shape index (κ2) is 4.59. The Labute approximate surface area is 82.5 Å². The van der Waals surface area contributed by atoms with Crippen molar-refractivity contribution in [2.75, 3.05) is 0 Å². The standard InChI is InChI=1S/C9H5F3O3/c10-6-1-5(3-13)7(4-14)8(2-6)15-9(11)12/h1-4,9H. The van der Waals surface area contributed by atoms with E-state index in [0.717, 1.165) is 6.07 Å². The molecule has 80 valence electrons. The molecule has 0 aliphatic carbocycles. The van der Waals surface area contributed by atoms with Crippen LogP contribution in [-0.4, -0.2) is 19.2 Å². The maximum Gasteiger partial charge on any atom is 0.387 e.